The molecule has 18 heavy (non-hydrogen) atoms. The van der Waals surface area contributed by atoms with E-state index in [0.717, 1.165) is 5.76 Å². The van der Waals surface area contributed by atoms with Crippen LogP contribution in [0.4, 0.5) is 4.39 Å². The minimum atomic E-state index is -0.383. The third-order valence-corrected chi connectivity index (χ3v) is 3.66. The molecule has 1 unspecified atom stereocenters. The van der Waals surface area contributed by atoms with E-state index >= 15 is 0 Å². The Labute approximate surface area is 118 Å². The molecule has 1 aromatic heterocycles. The molecule has 2 aromatic rings. The summed E-state index contributed by atoms with van der Waals surface area (Å²) in [4.78, 5) is 0. The van der Waals surface area contributed by atoms with Gasteiger partial charge in [-0.2, -0.15) is 0 Å². The van der Waals surface area contributed by atoms with Gasteiger partial charge in [-0.25, -0.2) is 4.39 Å². The highest BCUT2D eigenvalue weighted by Crippen LogP contribution is 2.37. The summed E-state index contributed by atoms with van der Waals surface area (Å²) in [6.45, 7) is 1.99. The van der Waals surface area contributed by atoms with E-state index < -0.39 is 0 Å². The fourth-order valence-corrected chi connectivity index (χ4v) is 2.68. The third-order valence-electron chi connectivity index (χ3n) is 2.74. The summed E-state index contributed by atoms with van der Waals surface area (Å²) < 4.78 is 19.5. The molecule has 0 aliphatic heterocycles. The summed E-state index contributed by atoms with van der Waals surface area (Å²) in [5, 5.41) is 3.41. The van der Waals surface area contributed by atoms with Crippen molar-refractivity contribution < 1.29 is 8.81 Å². The van der Waals surface area contributed by atoms with Crippen molar-refractivity contribution in [2.75, 3.05) is 7.05 Å². The molecule has 0 saturated heterocycles. The van der Waals surface area contributed by atoms with Gasteiger partial charge < -0.3 is 9.73 Å². The molecule has 0 aliphatic carbocycles. The monoisotopic (exact) mass is 331 g/mol. The average molecular weight is 333 g/mol. The van der Waals surface area contributed by atoms with Gasteiger partial charge in [0.2, 0.25) is 0 Å². The number of rotatable bonds is 3. The van der Waals surface area contributed by atoms with Crippen molar-refractivity contribution in [2.24, 2.45) is 0 Å². The lowest BCUT2D eigenvalue weighted by molar-refractivity contribution is 0.458. The highest BCUT2D eigenvalue weighted by molar-refractivity contribution is 9.10. The zero-order valence-electron chi connectivity index (χ0n) is 9.93. The molecule has 96 valence electrons. The van der Waals surface area contributed by atoms with Crippen LogP contribution in [0.1, 0.15) is 18.7 Å². The van der Waals surface area contributed by atoms with Crippen molar-refractivity contribution in [3.05, 3.63) is 45.3 Å². The summed E-state index contributed by atoms with van der Waals surface area (Å²) in [6, 6.07) is 6.45. The Kier molecular flexibility index (Phi) is 4.10. The molecule has 5 heteroatoms. The summed E-state index contributed by atoms with van der Waals surface area (Å²) in [6.07, 6.45) is 0. The van der Waals surface area contributed by atoms with Crippen molar-refractivity contribution in [2.45, 2.75) is 13.0 Å². The van der Waals surface area contributed by atoms with Gasteiger partial charge in [0.25, 0.3) is 0 Å². The van der Waals surface area contributed by atoms with Gasteiger partial charge in [-0.3, -0.25) is 0 Å². The van der Waals surface area contributed by atoms with Crippen LogP contribution in [0.5, 0.6) is 0 Å². The van der Waals surface area contributed by atoms with Crippen LogP contribution in [-0.2, 0) is 0 Å². The van der Waals surface area contributed by atoms with Gasteiger partial charge in [0, 0.05) is 4.47 Å². The predicted octanol–water partition coefficient (Wildman–Crippen LogP) is 4.78. The number of nitrogens with one attached hydrogen (secondary N) is 1. The molecule has 1 heterocycles. The normalized spacial score (nSPS) is 12.7. The van der Waals surface area contributed by atoms with Gasteiger partial charge in [0.05, 0.1) is 16.6 Å². The third kappa shape index (κ3) is 2.60. The fraction of sp³-hybridized carbons (Fsp3) is 0.231. The first-order valence-corrected chi connectivity index (χ1v) is 6.62. The molecule has 1 atom stereocenters. The Bertz CT molecular complexity index is 547. The number of benzene rings is 1. The second-order valence-electron chi connectivity index (χ2n) is 3.96. The average Bonchev–Trinajstić information content (AvgIpc) is 2.76. The molecule has 0 saturated carbocycles. The first kappa shape index (κ1) is 13.6. The Hall–Kier alpha value is -0.840. The highest BCUT2D eigenvalue weighted by Gasteiger charge is 2.15. The SMILES string of the molecule is CNC(C)c1ccc(-c2c(Cl)cc(F)cc2Br)o1. The minimum absolute atomic E-state index is 0.108. The van der Waals surface area contributed by atoms with Crippen LogP contribution in [0.2, 0.25) is 5.02 Å². The van der Waals surface area contributed by atoms with Crippen LogP contribution in [0.3, 0.4) is 0 Å². The van der Waals surface area contributed by atoms with Gasteiger partial charge >= 0.3 is 0 Å². The molecule has 0 fully saturated rings. The van der Waals surface area contributed by atoms with Gasteiger partial charge in [-0.05, 0) is 54.2 Å². The number of hydrogen-bond donors (Lipinski definition) is 1. The van der Waals surface area contributed by atoms with E-state index in [4.69, 9.17) is 16.0 Å². The molecular weight excluding hydrogens is 321 g/mol. The maximum Gasteiger partial charge on any atom is 0.137 e. The lowest BCUT2D eigenvalue weighted by atomic mass is 10.1. The summed E-state index contributed by atoms with van der Waals surface area (Å²) in [5.41, 5.74) is 0.660. The highest BCUT2D eigenvalue weighted by atomic mass is 79.9. The quantitative estimate of drug-likeness (QED) is 0.875. The summed E-state index contributed by atoms with van der Waals surface area (Å²) in [5.74, 6) is 1.04. The molecule has 0 spiro atoms. The molecule has 0 radical (unpaired) electrons. The van der Waals surface area contributed by atoms with Gasteiger partial charge in [0.1, 0.15) is 17.3 Å². The van der Waals surface area contributed by atoms with Crippen molar-refractivity contribution >= 4 is 27.5 Å². The second kappa shape index (κ2) is 5.43. The smallest absolute Gasteiger partial charge is 0.137 e. The van der Waals surface area contributed by atoms with E-state index in [0.29, 0.717) is 20.8 Å². The van der Waals surface area contributed by atoms with Crippen LogP contribution < -0.4 is 5.32 Å². The fourth-order valence-electron chi connectivity index (χ4n) is 1.64. The maximum atomic E-state index is 13.2. The Morgan fingerprint density at radius 1 is 1.39 bits per heavy atom. The predicted molar refractivity (Wildman–Crippen MR) is 74.3 cm³/mol. The molecule has 1 N–H and O–H groups in total. The standard InChI is InChI=1S/C13H12BrClFNO/c1-7(17-2)11-3-4-12(18-11)13-9(14)5-8(16)6-10(13)15/h3-7,17H,1-2H3. The number of hydrogen-bond acceptors (Lipinski definition) is 2. The molecule has 1 aromatic carbocycles. The molecule has 0 amide bonds. The lowest BCUT2D eigenvalue weighted by Crippen LogP contribution is -2.11. The molecule has 2 rings (SSSR count). The first-order valence-electron chi connectivity index (χ1n) is 5.45. The van der Waals surface area contributed by atoms with Crippen LogP contribution in [0, 0.1) is 5.82 Å². The lowest BCUT2D eigenvalue weighted by Gasteiger charge is -2.07. The molecular formula is C13H12BrClFNO. The van der Waals surface area contributed by atoms with Crippen LogP contribution in [0.25, 0.3) is 11.3 Å². The van der Waals surface area contributed by atoms with E-state index in [1.54, 1.807) is 0 Å². The zero-order valence-corrected chi connectivity index (χ0v) is 12.3. The molecule has 2 nitrogen and oxygen atoms in total. The van der Waals surface area contributed by atoms with Gasteiger partial charge in [-0.15, -0.1) is 0 Å². The van der Waals surface area contributed by atoms with Gasteiger partial charge in [-0.1, -0.05) is 11.6 Å². The van der Waals surface area contributed by atoms with E-state index in [-0.39, 0.29) is 11.9 Å². The Morgan fingerprint density at radius 2 is 2.11 bits per heavy atom. The first-order chi connectivity index (χ1) is 8.52. The Balaban J connectivity index is 2.46. The largest absolute Gasteiger partial charge is 0.459 e. The van der Waals surface area contributed by atoms with Crippen molar-refractivity contribution in [3.8, 4) is 11.3 Å². The van der Waals surface area contributed by atoms with E-state index in [9.17, 15) is 4.39 Å². The second-order valence-corrected chi connectivity index (χ2v) is 5.22. The van der Waals surface area contributed by atoms with Gasteiger partial charge in [0.15, 0.2) is 0 Å². The number of halogens is 3. The summed E-state index contributed by atoms with van der Waals surface area (Å²) >= 11 is 9.34. The Morgan fingerprint density at radius 3 is 2.72 bits per heavy atom. The minimum Gasteiger partial charge on any atom is -0.459 e. The van der Waals surface area contributed by atoms with Crippen molar-refractivity contribution in [3.63, 3.8) is 0 Å². The van der Waals surface area contributed by atoms with E-state index in [1.165, 1.54) is 12.1 Å². The van der Waals surface area contributed by atoms with Crippen LogP contribution >= 0.6 is 27.5 Å². The molecule has 0 bridgehead atoms. The maximum absolute atomic E-state index is 13.2. The number of furan rings is 1. The molecule has 0 aliphatic rings. The van der Waals surface area contributed by atoms with E-state index in [2.05, 4.69) is 21.2 Å². The van der Waals surface area contributed by atoms with Crippen molar-refractivity contribution in [1.29, 1.82) is 0 Å². The van der Waals surface area contributed by atoms with Crippen LogP contribution in [0.15, 0.2) is 33.2 Å². The van der Waals surface area contributed by atoms with E-state index in [1.807, 2.05) is 26.1 Å². The zero-order chi connectivity index (χ0) is 13.3. The van der Waals surface area contributed by atoms with Crippen LogP contribution in [-0.4, -0.2) is 7.05 Å². The topological polar surface area (TPSA) is 25.2 Å². The van der Waals surface area contributed by atoms with Crippen molar-refractivity contribution in [1.82, 2.24) is 5.32 Å². The summed E-state index contributed by atoms with van der Waals surface area (Å²) in [7, 11) is 1.85.